The Morgan fingerprint density at radius 3 is 1.89 bits per heavy atom. The minimum absolute atomic E-state index is 0.169. The average molecular weight is 499 g/mol. The molecule has 0 atom stereocenters. The van der Waals surface area contributed by atoms with E-state index >= 15 is 0 Å². The number of fused-ring (bicyclic) bond motifs is 5. The molecule has 4 aromatic carbocycles. The molecule has 0 unspecified atom stereocenters. The normalized spacial score (nSPS) is 11.2. The fourth-order valence-electron chi connectivity index (χ4n) is 5.19. The highest BCUT2D eigenvalue weighted by Gasteiger charge is 2.22. The van der Waals surface area contributed by atoms with E-state index in [1.54, 1.807) is 40.1 Å². The van der Waals surface area contributed by atoms with Crippen LogP contribution >= 0.6 is 0 Å². The van der Waals surface area contributed by atoms with Gasteiger partial charge in [-0.2, -0.15) is 0 Å². The van der Waals surface area contributed by atoms with Crippen LogP contribution in [0.3, 0.4) is 0 Å². The van der Waals surface area contributed by atoms with Crippen LogP contribution < -0.4 is 29.4 Å². The predicted molar refractivity (Wildman–Crippen MR) is 150 cm³/mol. The average Bonchev–Trinajstić information content (AvgIpc) is 2.93. The van der Waals surface area contributed by atoms with E-state index < -0.39 is 0 Å². The van der Waals surface area contributed by atoms with Crippen LogP contribution in [0.25, 0.3) is 43.6 Å². The van der Waals surface area contributed by atoms with Crippen molar-refractivity contribution in [1.29, 1.82) is 0 Å². The number of nitrogens with zero attached hydrogens (tertiary/aromatic N) is 2. The van der Waals surface area contributed by atoms with Crippen LogP contribution in [0, 0.1) is 0 Å². The van der Waals surface area contributed by atoms with Gasteiger partial charge in [-0.15, -0.1) is 0 Å². The zero-order valence-electron chi connectivity index (χ0n) is 22.1. The molecular weight excluding hydrogens is 468 g/mol. The van der Waals surface area contributed by atoms with Crippen molar-refractivity contribution in [2.45, 2.75) is 0 Å². The summed E-state index contributed by atoms with van der Waals surface area (Å²) in [5, 5.41) is 4.04. The Hall–Kier alpha value is -4.39. The molecule has 0 bridgehead atoms. The summed E-state index contributed by atoms with van der Waals surface area (Å²) in [6, 6.07) is 18.1. The number of ether oxygens (including phenoxy) is 4. The molecule has 0 N–H and O–H groups in total. The molecule has 37 heavy (non-hydrogen) atoms. The van der Waals surface area contributed by atoms with Gasteiger partial charge in [0, 0.05) is 48.6 Å². The van der Waals surface area contributed by atoms with E-state index in [4.69, 9.17) is 18.9 Å². The summed E-state index contributed by atoms with van der Waals surface area (Å²) < 4.78 is 24.4. The van der Waals surface area contributed by atoms with Gasteiger partial charge in [0.15, 0.2) is 23.0 Å². The minimum atomic E-state index is -0.169. The monoisotopic (exact) mass is 498 g/mol. The number of anilines is 1. The summed E-state index contributed by atoms with van der Waals surface area (Å²) in [4.78, 5) is 15.8. The van der Waals surface area contributed by atoms with Crippen LogP contribution in [0.4, 0.5) is 5.69 Å². The van der Waals surface area contributed by atoms with Crippen molar-refractivity contribution in [2.24, 2.45) is 7.05 Å². The molecular formula is C30H30N2O5. The lowest BCUT2D eigenvalue weighted by atomic mass is 9.93. The lowest BCUT2D eigenvalue weighted by Gasteiger charge is -2.20. The van der Waals surface area contributed by atoms with Gasteiger partial charge in [-0.05, 0) is 41.3 Å². The number of methoxy groups -OCH3 is 4. The first-order valence-corrected chi connectivity index (χ1v) is 11.9. The highest BCUT2D eigenvalue weighted by atomic mass is 16.5. The smallest absolute Gasteiger partial charge is 0.262 e. The lowest BCUT2D eigenvalue weighted by Crippen LogP contribution is -2.18. The maximum absolute atomic E-state index is 13.7. The summed E-state index contributed by atoms with van der Waals surface area (Å²) in [6.07, 6.45) is 0. The number of benzene rings is 4. The summed E-state index contributed by atoms with van der Waals surface area (Å²) in [5.74, 6) is 2.18. The van der Waals surface area contributed by atoms with Crippen LogP contribution in [-0.4, -0.2) is 47.1 Å². The molecule has 1 aromatic heterocycles. The first-order chi connectivity index (χ1) is 17.9. The van der Waals surface area contributed by atoms with Crippen LogP contribution in [0.1, 0.15) is 0 Å². The zero-order chi connectivity index (χ0) is 26.4. The highest BCUT2D eigenvalue weighted by molar-refractivity contribution is 6.19. The number of pyridine rings is 1. The van der Waals surface area contributed by atoms with Gasteiger partial charge >= 0.3 is 0 Å². The number of hydrogen-bond donors (Lipinski definition) is 0. The fraction of sp³-hybridized carbons (Fsp3) is 0.233. The molecule has 1 heterocycles. The molecule has 0 radical (unpaired) electrons. The highest BCUT2D eigenvalue weighted by Crippen LogP contribution is 2.47. The van der Waals surface area contributed by atoms with Crippen LogP contribution in [-0.2, 0) is 7.05 Å². The zero-order valence-corrected chi connectivity index (χ0v) is 22.1. The van der Waals surface area contributed by atoms with Gasteiger partial charge in [-0.1, -0.05) is 24.3 Å². The minimum Gasteiger partial charge on any atom is -0.493 e. The van der Waals surface area contributed by atoms with E-state index in [0.717, 1.165) is 43.9 Å². The van der Waals surface area contributed by atoms with Gasteiger partial charge in [0.25, 0.3) is 5.56 Å². The Kier molecular flexibility index (Phi) is 6.07. The third-order valence-electron chi connectivity index (χ3n) is 7.00. The van der Waals surface area contributed by atoms with E-state index in [9.17, 15) is 4.79 Å². The molecule has 5 rings (SSSR count). The fourth-order valence-corrected chi connectivity index (χ4v) is 5.19. The van der Waals surface area contributed by atoms with E-state index in [-0.39, 0.29) is 5.56 Å². The summed E-state index contributed by atoms with van der Waals surface area (Å²) >= 11 is 0. The Morgan fingerprint density at radius 2 is 1.30 bits per heavy atom. The van der Waals surface area contributed by atoms with Crippen molar-refractivity contribution in [3.05, 3.63) is 65.0 Å². The summed E-state index contributed by atoms with van der Waals surface area (Å²) in [5.41, 5.74) is 3.62. The van der Waals surface area contributed by atoms with E-state index in [1.807, 2.05) is 32.3 Å². The standard InChI is InChI=1S/C30H30N2O5/c1-31(2)18-10-8-17(9-11-18)25-20-12-13-21-19-14-15-23(34-4)28(36-6)26(19)30(33)32(3)27(21)22(20)16-24(35-5)29(25)37-7/h8-16H,1-7H3. The Morgan fingerprint density at radius 1 is 0.676 bits per heavy atom. The quantitative estimate of drug-likeness (QED) is 0.284. The van der Waals surface area contributed by atoms with E-state index in [1.165, 1.54) is 0 Å². The molecule has 0 amide bonds. The van der Waals surface area contributed by atoms with Gasteiger partial charge in [-0.25, -0.2) is 0 Å². The molecule has 190 valence electrons. The number of aromatic nitrogens is 1. The summed E-state index contributed by atoms with van der Waals surface area (Å²) in [7, 11) is 12.2. The summed E-state index contributed by atoms with van der Waals surface area (Å²) in [6.45, 7) is 0. The molecule has 0 saturated carbocycles. The predicted octanol–water partition coefficient (Wildman–Crippen LogP) is 5.61. The molecule has 7 heteroatoms. The van der Waals surface area contributed by atoms with Crippen molar-refractivity contribution < 1.29 is 18.9 Å². The van der Waals surface area contributed by atoms with Crippen molar-refractivity contribution >= 4 is 38.1 Å². The molecule has 0 saturated heterocycles. The maximum atomic E-state index is 13.7. The number of rotatable bonds is 6. The van der Waals surface area contributed by atoms with Gasteiger partial charge < -0.3 is 28.4 Å². The first kappa shape index (κ1) is 24.3. The van der Waals surface area contributed by atoms with Crippen molar-refractivity contribution in [3.63, 3.8) is 0 Å². The Balaban J connectivity index is 1.96. The van der Waals surface area contributed by atoms with Gasteiger partial charge in [0.1, 0.15) is 0 Å². The van der Waals surface area contributed by atoms with Crippen molar-refractivity contribution in [1.82, 2.24) is 4.57 Å². The second-order valence-corrected chi connectivity index (χ2v) is 9.07. The Labute approximate surface area is 215 Å². The topological polar surface area (TPSA) is 62.2 Å². The molecule has 0 aliphatic heterocycles. The molecule has 0 fully saturated rings. The molecule has 5 aromatic rings. The van der Waals surface area contributed by atoms with E-state index in [2.05, 4.69) is 41.3 Å². The third-order valence-corrected chi connectivity index (χ3v) is 7.00. The lowest BCUT2D eigenvalue weighted by molar-refractivity contribution is 0.357. The van der Waals surface area contributed by atoms with Gasteiger partial charge in [-0.3, -0.25) is 4.79 Å². The van der Waals surface area contributed by atoms with Gasteiger partial charge in [0.05, 0.1) is 39.3 Å². The number of hydrogen-bond acceptors (Lipinski definition) is 6. The van der Waals surface area contributed by atoms with Gasteiger partial charge in [0.2, 0.25) is 0 Å². The van der Waals surface area contributed by atoms with Crippen LogP contribution in [0.2, 0.25) is 0 Å². The SMILES string of the molecule is COc1cc2c(ccc3c4ccc(OC)c(OC)c4c(=O)n(C)c23)c(-c2ccc(N(C)C)cc2)c1OC. The molecule has 0 aliphatic rings. The Bertz CT molecular complexity index is 1720. The van der Waals surface area contributed by atoms with Crippen LogP contribution in [0.5, 0.6) is 23.0 Å². The van der Waals surface area contributed by atoms with E-state index in [0.29, 0.717) is 28.4 Å². The largest absolute Gasteiger partial charge is 0.493 e. The maximum Gasteiger partial charge on any atom is 0.262 e. The third kappa shape index (κ3) is 3.61. The molecule has 0 spiro atoms. The molecule has 0 aliphatic carbocycles. The first-order valence-electron chi connectivity index (χ1n) is 11.9. The number of aryl methyl sites for hydroxylation is 1. The van der Waals surface area contributed by atoms with Crippen molar-refractivity contribution in [3.8, 4) is 34.1 Å². The molecule has 7 nitrogen and oxygen atoms in total. The van der Waals surface area contributed by atoms with Crippen molar-refractivity contribution in [2.75, 3.05) is 47.4 Å². The van der Waals surface area contributed by atoms with Crippen LogP contribution in [0.15, 0.2) is 59.4 Å². The second-order valence-electron chi connectivity index (χ2n) is 9.07. The second kappa shape index (κ2) is 9.24.